The van der Waals surface area contributed by atoms with Gasteiger partial charge < -0.3 is 5.32 Å². The van der Waals surface area contributed by atoms with Crippen LogP contribution < -0.4 is 10.9 Å². The van der Waals surface area contributed by atoms with Crippen molar-refractivity contribution in [1.29, 1.82) is 0 Å². The fourth-order valence-electron chi connectivity index (χ4n) is 1.54. The molecule has 0 bridgehead atoms. The molecular weight excluding hydrogens is 282 g/mol. The summed E-state index contributed by atoms with van der Waals surface area (Å²) in [6.45, 7) is 4.38. The average molecular weight is 298 g/mol. The summed E-state index contributed by atoms with van der Waals surface area (Å²) in [6.07, 6.45) is 8.91. The molecule has 1 unspecified atom stereocenters. The molecule has 0 aromatic carbocycles. The third-order valence-electron chi connectivity index (χ3n) is 2.35. The summed E-state index contributed by atoms with van der Waals surface area (Å²) in [4.78, 5) is 11.8. The second kappa shape index (κ2) is 6.45. The lowest BCUT2D eigenvalue weighted by Gasteiger charge is -2.15. The molecule has 1 aromatic rings. The zero-order chi connectivity index (χ0) is 12.8. The van der Waals surface area contributed by atoms with Crippen LogP contribution in [0.3, 0.4) is 0 Å². The maximum absolute atomic E-state index is 11.8. The predicted molar refractivity (Wildman–Crippen MR) is 73.0 cm³/mol. The molecule has 1 N–H and O–H groups in total. The topological polar surface area (TPSA) is 46.9 Å². The largest absolute Gasteiger partial charge is 0.380 e. The minimum atomic E-state index is -0.211. The molecule has 0 radical (unpaired) electrons. The minimum absolute atomic E-state index is 0.183. The van der Waals surface area contributed by atoms with E-state index in [4.69, 9.17) is 6.42 Å². The third kappa shape index (κ3) is 3.60. The third-order valence-corrected chi connectivity index (χ3v) is 3.12. The van der Waals surface area contributed by atoms with Crippen molar-refractivity contribution in [2.24, 2.45) is 0 Å². The van der Waals surface area contributed by atoms with Gasteiger partial charge in [0.15, 0.2) is 0 Å². The number of halogens is 1. The maximum Gasteiger partial charge on any atom is 0.284 e. The van der Waals surface area contributed by atoms with Gasteiger partial charge in [-0.05, 0) is 29.3 Å². The van der Waals surface area contributed by atoms with Gasteiger partial charge in [0.2, 0.25) is 0 Å². The monoisotopic (exact) mass is 297 g/mol. The van der Waals surface area contributed by atoms with E-state index in [0.29, 0.717) is 16.2 Å². The number of nitrogens with one attached hydrogen (secondary N) is 1. The number of hydrogen-bond acceptors (Lipinski definition) is 3. The molecule has 1 rings (SSSR count). The van der Waals surface area contributed by atoms with E-state index in [2.05, 4.69) is 46.1 Å². The van der Waals surface area contributed by atoms with Crippen molar-refractivity contribution in [2.45, 2.75) is 39.3 Å². The van der Waals surface area contributed by atoms with E-state index in [1.54, 1.807) is 6.20 Å². The molecule has 0 aliphatic rings. The first kappa shape index (κ1) is 13.8. The number of nitrogens with zero attached hydrogens (tertiary/aromatic N) is 2. The summed E-state index contributed by atoms with van der Waals surface area (Å²) in [7, 11) is 0. The number of anilines is 1. The summed E-state index contributed by atoms with van der Waals surface area (Å²) in [6, 6.07) is 0.306. The zero-order valence-corrected chi connectivity index (χ0v) is 11.6. The number of rotatable bonds is 5. The zero-order valence-electron chi connectivity index (χ0n) is 10.0. The van der Waals surface area contributed by atoms with Gasteiger partial charge in [0.25, 0.3) is 5.56 Å². The van der Waals surface area contributed by atoms with Gasteiger partial charge in [-0.25, -0.2) is 4.68 Å². The van der Waals surface area contributed by atoms with Crippen molar-refractivity contribution in [1.82, 2.24) is 9.78 Å². The number of terminal acetylenes is 1. The number of hydrogen-bond donors (Lipinski definition) is 1. The highest BCUT2D eigenvalue weighted by Crippen LogP contribution is 2.18. The molecule has 0 aliphatic heterocycles. The van der Waals surface area contributed by atoms with Crippen LogP contribution in [-0.4, -0.2) is 15.8 Å². The van der Waals surface area contributed by atoms with Gasteiger partial charge in [-0.1, -0.05) is 19.3 Å². The average Bonchev–Trinajstić information content (AvgIpc) is 2.29. The molecule has 0 spiro atoms. The van der Waals surface area contributed by atoms with Crippen LogP contribution in [0.2, 0.25) is 0 Å². The van der Waals surface area contributed by atoms with Crippen LogP contribution in [0.5, 0.6) is 0 Å². The Balaban J connectivity index is 2.93. The van der Waals surface area contributed by atoms with Gasteiger partial charge >= 0.3 is 0 Å². The first-order chi connectivity index (χ1) is 8.10. The smallest absolute Gasteiger partial charge is 0.284 e. The van der Waals surface area contributed by atoms with E-state index >= 15 is 0 Å². The highest BCUT2D eigenvalue weighted by molar-refractivity contribution is 9.10. The van der Waals surface area contributed by atoms with Gasteiger partial charge in [0.05, 0.1) is 11.9 Å². The van der Waals surface area contributed by atoms with Crippen LogP contribution in [0.15, 0.2) is 15.5 Å². The standard InChI is InChI=1S/C12H16BrN3O/c1-4-6-9(3)15-10-8-14-16(7-5-2)12(17)11(10)13/h2,8-9,15H,4,6-7H2,1,3H3. The molecular formula is C12H16BrN3O. The van der Waals surface area contributed by atoms with Gasteiger partial charge in [-0.15, -0.1) is 6.42 Å². The Morgan fingerprint density at radius 2 is 2.41 bits per heavy atom. The molecule has 0 saturated heterocycles. The number of aromatic nitrogens is 2. The SMILES string of the molecule is C#CCn1ncc(NC(C)CCC)c(Br)c1=O. The quantitative estimate of drug-likeness (QED) is 0.848. The Morgan fingerprint density at radius 3 is 3.00 bits per heavy atom. The van der Waals surface area contributed by atoms with Crippen molar-refractivity contribution < 1.29 is 0 Å². The summed E-state index contributed by atoms with van der Waals surface area (Å²) in [5.41, 5.74) is 0.501. The Labute approximate surface area is 110 Å². The van der Waals surface area contributed by atoms with Crippen LogP contribution >= 0.6 is 15.9 Å². The molecule has 0 amide bonds. The molecule has 1 aromatic heterocycles. The lowest BCUT2D eigenvalue weighted by Crippen LogP contribution is -2.25. The molecule has 92 valence electrons. The van der Waals surface area contributed by atoms with E-state index in [1.165, 1.54) is 4.68 Å². The fourth-order valence-corrected chi connectivity index (χ4v) is 1.96. The minimum Gasteiger partial charge on any atom is -0.380 e. The van der Waals surface area contributed by atoms with E-state index in [9.17, 15) is 4.79 Å². The lowest BCUT2D eigenvalue weighted by atomic mass is 10.2. The van der Waals surface area contributed by atoms with Crippen LogP contribution in [0.25, 0.3) is 0 Å². The molecule has 1 heterocycles. The Bertz CT molecular complexity index is 476. The summed E-state index contributed by atoms with van der Waals surface area (Å²) in [5.74, 6) is 2.39. The summed E-state index contributed by atoms with van der Waals surface area (Å²) in [5, 5.41) is 7.26. The van der Waals surface area contributed by atoms with Crippen LogP contribution in [-0.2, 0) is 6.54 Å². The molecule has 4 nitrogen and oxygen atoms in total. The van der Waals surface area contributed by atoms with Crippen molar-refractivity contribution >= 4 is 21.6 Å². The van der Waals surface area contributed by atoms with Gasteiger partial charge in [0, 0.05) is 6.04 Å². The van der Waals surface area contributed by atoms with Crippen LogP contribution in [0.1, 0.15) is 26.7 Å². The summed E-state index contributed by atoms with van der Waals surface area (Å²) < 4.78 is 1.73. The van der Waals surface area contributed by atoms with Crippen LogP contribution in [0.4, 0.5) is 5.69 Å². The Hall–Kier alpha value is -1.28. The van der Waals surface area contributed by atoms with Crippen molar-refractivity contribution in [3.63, 3.8) is 0 Å². The first-order valence-corrected chi connectivity index (χ1v) is 6.35. The Kier molecular flexibility index (Phi) is 5.23. The Morgan fingerprint density at radius 1 is 1.71 bits per heavy atom. The maximum atomic E-state index is 11.8. The van der Waals surface area contributed by atoms with Crippen molar-refractivity contribution in [2.75, 3.05) is 5.32 Å². The second-order valence-electron chi connectivity index (χ2n) is 3.87. The second-order valence-corrected chi connectivity index (χ2v) is 4.67. The highest BCUT2D eigenvalue weighted by atomic mass is 79.9. The molecule has 1 atom stereocenters. The molecule has 17 heavy (non-hydrogen) atoms. The van der Waals surface area contributed by atoms with Crippen molar-refractivity contribution in [3.05, 3.63) is 21.0 Å². The first-order valence-electron chi connectivity index (χ1n) is 5.55. The molecule has 0 aliphatic carbocycles. The molecule has 5 heteroatoms. The van der Waals surface area contributed by atoms with E-state index in [-0.39, 0.29) is 12.1 Å². The van der Waals surface area contributed by atoms with E-state index in [1.807, 2.05) is 0 Å². The molecule has 0 saturated carbocycles. The van der Waals surface area contributed by atoms with E-state index < -0.39 is 0 Å². The van der Waals surface area contributed by atoms with Gasteiger partial charge in [-0.3, -0.25) is 4.79 Å². The van der Waals surface area contributed by atoms with Crippen LogP contribution in [0, 0.1) is 12.3 Å². The fraction of sp³-hybridized carbons (Fsp3) is 0.500. The molecule has 0 fully saturated rings. The van der Waals surface area contributed by atoms with Gasteiger partial charge in [-0.2, -0.15) is 5.10 Å². The summed E-state index contributed by atoms with van der Waals surface area (Å²) >= 11 is 3.28. The highest BCUT2D eigenvalue weighted by Gasteiger charge is 2.10. The lowest BCUT2D eigenvalue weighted by molar-refractivity contribution is 0.652. The van der Waals surface area contributed by atoms with Gasteiger partial charge in [0.1, 0.15) is 11.0 Å². The van der Waals surface area contributed by atoms with E-state index in [0.717, 1.165) is 12.8 Å². The predicted octanol–water partition coefficient (Wildman–Crippen LogP) is 2.24. The normalized spacial score (nSPS) is 11.9. The van der Waals surface area contributed by atoms with Crippen molar-refractivity contribution in [3.8, 4) is 12.3 Å².